The van der Waals surface area contributed by atoms with Crippen LogP contribution in [0.5, 0.6) is 0 Å². The summed E-state index contributed by atoms with van der Waals surface area (Å²) in [7, 11) is 0. The van der Waals surface area contributed by atoms with E-state index >= 15 is 0 Å². The molecule has 92 valence electrons. The topological polar surface area (TPSA) is 43.1 Å². The normalized spacial score (nSPS) is 12.1. The lowest BCUT2D eigenvalue weighted by Crippen LogP contribution is -2.23. The number of hydrogen-bond donors (Lipinski definition) is 1. The Morgan fingerprint density at radius 2 is 1.83 bits per heavy atom. The highest BCUT2D eigenvalue weighted by Gasteiger charge is 2.18. The van der Waals surface area contributed by atoms with Crippen molar-refractivity contribution in [2.24, 2.45) is 5.73 Å². The van der Waals surface area contributed by atoms with Gasteiger partial charge in [0.1, 0.15) is 0 Å². The third-order valence-electron chi connectivity index (χ3n) is 2.87. The highest BCUT2D eigenvalue weighted by molar-refractivity contribution is 6.30. The van der Waals surface area contributed by atoms with Crippen LogP contribution >= 0.6 is 11.6 Å². The second kappa shape index (κ2) is 5.69. The Kier molecular flexibility index (Phi) is 4.00. The molecule has 0 bridgehead atoms. The van der Waals surface area contributed by atoms with Gasteiger partial charge in [-0.3, -0.25) is 4.79 Å². The van der Waals surface area contributed by atoms with Crippen LogP contribution in [0.2, 0.25) is 5.02 Å². The number of carbonyl (C=O) groups excluding carboxylic acids is 1. The van der Waals surface area contributed by atoms with Crippen LogP contribution < -0.4 is 5.73 Å². The molecule has 0 heterocycles. The molecule has 2 rings (SSSR count). The third kappa shape index (κ3) is 3.11. The lowest BCUT2D eigenvalue weighted by molar-refractivity contribution is -0.119. The predicted octanol–water partition coefficient (Wildman–Crippen LogP) is 3.15. The van der Waals surface area contributed by atoms with E-state index in [0.29, 0.717) is 11.4 Å². The number of nitrogens with two attached hydrogens (primary N) is 1. The maximum Gasteiger partial charge on any atom is 0.225 e. The van der Waals surface area contributed by atoms with Crippen LogP contribution in [0.3, 0.4) is 0 Å². The summed E-state index contributed by atoms with van der Waals surface area (Å²) in [5.41, 5.74) is 7.43. The maximum absolute atomic E-state index is 11.6. The Balaban J connectivity index is 2.25. The Morgan fingerprint density at radius 1 is 1.11 bits per heavy atom. The summed E-state index contributed by atoms with van der Waals surface area (Å²) in [5.74, 6) is -0.633. The average Bonchev–Trinajstić information content (AvgIpc) is 2.37. The average molecular weight is 260 g/mol. The summed E-state index contributed by atoms with van der Waals surface area (Å²) >= 11 is 5.94. The molecule has 0 saturated heterocycles. The summed E-state index contributed by atoms with van der Waals surface area (Å²) in [6, 6.07) is 17.1. The van der Waals surface area contributed by atoms with Crippen molar-refractivity contribution in [1.82, 2.24) is 0 Å². The highest BCUT2D eigenvalue weighted by atomic mass is 35.5. The fourth-order valence-electron chi connectivity index (χ4n) is 1.97. The first-order chi connectivity index (χ1) is 8.66. The van der Waals surface area contributed by atoms with Crippen LogP contribution in [0.25, 0.3) is 0 Å². The second-order valence-corrected chi connectivity index (χ2v) is 4.64. The minimum absolute atomic E-state index is 0.315. The molecule has 0 aliphatic rings. The number of primary amides is 1. The van der Waals surface area contributed by atoms with Crippen molar-refractivity contribution in [3.63, 3.8) is 0 Å². The van der Waals surface area contributed by atoms with Crippen molar-refractivity contribution in [2.75, 3.05) is 0 Å². The van der Waals surface area contributed by atoms with E-state index < -0.39 is 0 Å². The van der Waals surface area contributed by atoms with Crippen molar-refractivity contribution in [3.05, 3.63) is 70.7 Å². The van der Waals surface area contributed by atoms with Crippen molar-refractivity contribution in [2.45, 2.75) is 12.3 Å². The van der Waals surface area contributed by atoms with Crippen molar-refractivity contribution in [3.8, 4) is 0 Å². The quantitative estimate of drug-likeness (QED) is 0.901. The Hall–Kier alpha value is -1.80. The van der Waals surface area contributed by atoms with E-state index in [1.807, 2.05) is 54.6 Å². The van der Waals surface area contributed by atoms with Gasteiger partial charge in [0.05, 0.1) is 5.92 Å². The van der Waals surface area contributed by atoms with Crippen LogP contribution in [-0.4, -0.2) is 5.91 Å². The maximum atomic E-state index is 11.6. The monoisotopic (exact) mass is 259 g/mol. The first-order valence-electron chi connectivity index (χ1n) is 5.75. The fourth-order valence-corrected chi connectivity index (χ4v) is 2.18. The van der Waals surface area contributed by atoms with Gasteiger partial charge in [-0.1, -0.05) is 54.1 Å². The van der Waals surface area contributed by atoms with Gasteiger partial charge in [0, 0.05) is 5.02 Å². The predicted molar refractivity (Wildman–Crippen MR) is 73.5 cm³/mol. The highest BCUT2D eigenvalue weighted by Crippen LogP contribution is 2.22. The summed E-state index contributed by atoms with van der Waals surface area (Å²) in [6.45, 7) is 0. The number of amides is 1. The van der Waals surface area contributed by atoms with Gasteiger partial charge in [-0.25, -0.2) is 0 Å². The molecule has 0 radical (unpaired) electrons. The van der Waals surface area contributed by atoms with Crippen LogP contribution in [0.4, 0.5) is 0 Å². The van der Waals surface area contributed by atoms with E-state index in [-0.39, 0.29) is 11.8 Å². The van der Waals surface area contributed by atoms with Gasteiger partial charge in [-0.05, 0) is 29.7 Å². The SMILES string of the molecule is NC(=O)C(Cc1cccc(Cl)c1)c1ccccc1. The van der Waals surface area contributed by atoms with E-state index in [2.05, 4.69) is 0 Å². The minimum atomic E-state index is -0.318. The molecule has 0 aliphatic carbocycles. The Morgan fingerprint density at radius 3 is 2.44 bits per heavy atom. The number of benzene rings is 2. The van der Waals surface area contributed by atoms with E-state index in [0.717, 1.165) is 11.1 Å². The van der Waals surface area contributed by atoms with Gasteiger partial charge in [0.25, 0.3) is 0 Å². The summed E-state index contributed by atoms with van der Waals surface area (Å²) < 4.78 is 0. The molecule has 0 aliphatic heterocycles. The molecule has 1 amide bonds. The first-order valence-corrected chi connectivity index (χ1v) is 6.13. The molecule has 0 aromatic heterocycles. The van der Waals surface area contributed by atoms with Crippen LogP contribution in [-0.2, 0) is 11.2 Å². The van der Waals surface area contributed by atoms with Crippen LogP contribution in [0, 0.1) is 0 Å². The van der Waals surface area contributed by atoms with Gasteiger partial charge in [0.2, 0.25) is 5.91 Å². The first kappa shape index (κ1) is 12.7. The molecular formula is C15H14ClNO. The number of carbonyl (C=O) groups is 1. The molecule has 2 aromatic carbocycles. The van der Waals surface area contributed by atoms with Crippen LogP contribution in [0.1, 0.15) is 17.0 Å². The molecule has 0 fully saturated rings. The van der Waals surface area contributed by atoms with Crippen molar-refractivity contribution < 1.29 is 4.79 Å². The van der Waals surface area contributed by atoms with Gasteiger partial charge in [-0.15, -0.1) is 0 Å². The molecule has 0 saturated carbocycles. The van der Waals surface area contributed by atoms with Gasteiger partial charge >= 0.3 is 0 Å². The molecule has 18 heavy (non-hydrogen) atoms. The summed E-state index contributed by atoms with van der Waals surface area (Å²) in [4.78, 5) is 11.6. The number of hydrogen-bond acceptors (Lipinski definition) is 1. The van der Waals surface area contributed by atoms with E-state index in [1.165, 1.54) is 0 Å². The van der Waals surface area contributed by atoms with Gasteiger partial charge in [-0.2, -0.15) is 0 Å². The fraction of sp³-hybridized carbons (Fsp3) is 0.133. The molecule has 2 nitrogen and oxygen atoms in total. The lowest BCUT2D eigenvalue weighted by Gasteiger charge is -2.14. The standard InChI is InChI=1S/C15H14ClNO/c16-13-8-4-5-11(9-13)10-14(15(17)18)12-6-2-1-3-7-12/h1-9,14H,10H2,(H2,17,18). The molecule has 1 unspecified atom stereocenters. The Bertz CT molecular complexity index is 539. The molecular weight excluding hydrogens is 246 g/mol. The molecule has 1 atom stereocenters. The van der Waals surface area contributed by atoms with Crippen molar-refractivity contribution in [1.29, 1.82) is 0 Å². The molecule has 3 heteroatoms. The van der Waals surface area contributed by atoms with E-state index in [1.54, 1.807) is 0 Å². The zero-order chi connectivity index (χ0) is 13.0. The van der Waals surface area contributed by atoms with E-state index in [4.69, 9.17) is 17.3 Å². The smallest absolute Gasteiger partial charge is 0.225 e. The van der Waals surface area contributed by atoms with Crippen molar-refractivity contribution >= 4 is 17.5 Å². The Labute approximate surface area is 111 Å². The number of halogens is 1. The zero-order valence-electron chi connectivity index (χ0n) is 9.84. The van der Waals surface area contributed by atoms with Gasteiger partial charge < -0.3 is 5.73 Å². The van der Waals surface area contributed by atoms with E-state index in [9.17, 15) is 4.79 Å². The largest absolute Gasteiger partial charge is 0.369 e. The van der Waals surface area contributed by atoms with Crippen LogP contribution in [0.15, 0.2) is 54.6 Å². The van der Waals surface area contributed by atoms with Gasteiger partial charge in [0.15, 0.2) is 0 Å². The zero-order valence-corrected chi connectivity index (χ0v) is 10.6. The molecule has 2 aromatic rings. The summed E-state index contributed by atoms with van der Waals surface area (Å²) in [6.07, 6.45) is 0.569. The molecule has 0 spiro atoms. The molecule has 2 N–H and O–H groups in total. The summed E-state index contributed by atoms with van der Waals surface area (Å²) in [5, 5.41) is 0.670. The lowest BCUT2D eigenvalue weighted by atomic mass is 9.91. The second-order valence-electron chi connectivity index (χ2n) is 4.20. The number of rotatable bonds is 4. The minimum Gasteiger partial charge on any atom is -0.369 e. The third-order valence-corrected chi connectivity index (χ3v) is 3.11.